The van der Waals surface area contributed by atoms with Crippen LogP contribution >= 0.6 is 0 Å². The van der Waals surface area contributed by atoms with Crippen molar-refractivity contribution in [3.8, 4) is 0 Å². The first-order chi connectivity index (χ1) is 17.0. The number of benzene rings is 2. The fraction of sp³-hybridized carbons (Fsp3) is 0.393. The Hall–Kier alpha value is -3.45. The SMILES string of the molecule is CC(C)c1ccc(NC(=O)C2CCN(C(=O)c3ncn4c3CO[C@@H](c3ccccc3)C4)CC2)cc1. The van der Waals surface area contributed by atoms with Gasteiger partial charge in [-0.25, -0.2) is 4.98 Å². The van der Waals surface area contributed by atoms with Crippen molar-refractivity contribution in [2.75, 3.05) is 18.4 Å². The molecule has 1 atom stereocenters. The van der Waals surface area contributed by atoms with E-state index in [1.165, 1.54) is 5.56 Å². The van der Waals surface area contributed by atoms with Crippen molar-refractivity contribution >= 4 is 17.5 Å². The van der Waals surface area contributed by atoms with Gasteiger partial charge in [-0.2, -0.15) is 0 Å². The largest absolute Gasteiger partial charge is 0.365 e. The number of fused-ring (bicyclic) bond motifs is 1. The normalized spacial score (nSPS) is 18.4. The lowest BCUT2D eigenvalue weighted by atomic mass is 9.95. The highest BCUT2D eigenvalue weighted by molar-refractivity contribution is 5.95. The average molecular weight is 473 g/mol. The quantitative estimate of drug-likeness (QED) is 0.580. The van der Waals surface area contributed by atoms with Crippen molar-refractivity contribution in [1.82, 2.24) is 14.5 Å². The van der Waals surface area contributed by atoms with Crippen LogP contribution < -0.4 is 5.32 Å². The molecule has 1 saturated heterocycles. The lowest BCUT2D eigenvalue weighted by Gasteiger charge is -2.31. The monoisotopic (exact) mass is 472 g/mol. The van der Waals surface area contributed by atoms with Gasteiger partial charge in [0.1, 0.15) is 6.10 Å². The number of carbonyl (C=O) groups is 2. The summed E-state index contributed by atoms with van der Waals surface area (Å²) in [6.45, 7) is 6.38. The molecule has 2 aliphatic heterocycles. The Bertz CT molecular complexity index is 1180. The number of rotatable bonds is 5. The predicted molar refractivity (Wildman–Crippen MR) is 134 cm³/mol. The van der Waals surface area contributed by atoms with Crippen LogP contribution in [0.4, 0.5) is 5.69 Å². The molecule has 0 unspecified atom stereocenters. The van der Waals surface area contributed by atoms with Gasteiger partial charge in [0.2, 0.25) is 5.91 Å². The number of likely N-dealkylation sites (tertiary alicyclic amines) is 1. The first kappa shape index (κ1) is 23.3. The summed E-state index contributed by atoms with van der Waals surface area (Å²) in [6, 6.07) is 18.1. The van der Waals surface area contributed by atoms with E-state index in [2.05, 4.69) is 48.4 Å². The second kappa shape index (κ2) is 10.0. The van der Waals surface area contributed by atoms with Crippen molar-refractivity contribution in [2.24, 2.45) is 5.92 Å². The summed E-state index contributed by atoms with van der Waals surface area (Å²) in [5.41, 5.74) is 4.47. The summed E-state index contributed by atoms with van der Waals surface area (Å²) in [5.74, 6) is 0.298. The Labute approximate surface area is 206 Å². The van der Waals surface area contributed by atoms with Gasteiger partial charge < -0.3 is 19.5 Å². The number of imidazole rings is 1. The summed E-state index contributed by atoms with van der Waals surface area (Å²) in [6.07, 6.45) is 2.98. The average Bonchev–Trinajstić information content (AvgIpc) is 3.32. The molecule has 0 radical (unpaired) electrons. The van der Waals surface area contributed by atoms with E-state index in [9.17, 15) is 9.59 Å². The number of nitrogens with zero attached hydrogens (tertiary/aromatic N) is 3. The number of hydrogen-bond donors (Lipinski definition) is 1. The van der Waals surface area contributed by atoms with Crippen LogP contribution in [0.1, 0.15) is 66.0 Å². The molecular weight excluding hydrogens is 440 g/mol. The van der Waals surface area contributed by atoms with Gasteiger partial charge in [-0.1, -0.05) is 56.3 Å². The first-order valence-electron chi connectivity index (χ1n) is 12.4. The Kier molecular flexibility index (Phi) is 6.68. The summed E-state index contributed by atoms with van der Waals surface area (Å²) in [7, 11) is 0. The van der Waals surface area contributed by atoms with Gasteiger partial charge in [-0.05, 0) is 42.0 Å². The van der Waals surface area contributed by atoms with Crippen LogP contribution in [-0.4, -0.2) is 39.4 Å². The number of hydrogen-bond acceptors (Lipinski definition) is 4. The molecule has 3 heterocycles. The number of ether oxygens (including phenoxy) is 1. The van der Waals surface area contributed by atoms with E-state index in [1.807, 2.05) is 39.8 Å². The van der Waals surface area contributed by atoms with Crippen LogP contribution in [0.2, 0.25) is 0 Å². The maximum atomic E-state index is 13.2. The van der Waals surface area contributed by atoms with E-state index in [0.29, 0.717) is 50.7 Å². The van der Waals surface area contributed by atoms with Crippen LogP contribution in [0, 0.1) is 5.92 Å². The molecule has 1 fully saturated rings. The van der Waals surface area contributed by atoms with Gasteiger partial charge in [-0.3, -0.25) is 9.59 Å². The molecule has 35 heavy (non-hydrogen) atoms. The van der Waals surface area contributed by atoms with E-state index >= 15 is 0 Å². The van der Waals surface area contributed by atoms with Gasteiger partial charge in [0.05, 0.1) is 25.2 Å². The number of anilines is 1. The predicted octanol–water partition coefficient (Wildman–Crippen LogP) is 4.77. The van der Waals surface area contributed by atoms with Crippen LogP contribution in [0.3, 0.4) is 0 Å². The van der Waals surface area contributed by atoms with Crippen molar-refractivity contribution in [3.05, 3.63) is 83.4 Å². The van der Waals surface area contributed by atoms with Gasteiger partial charge >= 0.3 is 0 Å². The zero-order valence-electron chi connectivity index (χ0n) is 20.3. The van der Waals surface area contributed by atoms with E-state index in [-0.39, 0.29) is 23.8 Å². The van der Waals surface area contributed by atoms with E-state index in [4.69, 9.17) is 4.74 Å². The van der Waals surface area contributed by atoms with Gasteiger partial charge in [0.15, 0.2) is 5.69 Å². The Balaban J connectivity index is 1.16. The molecule has 1 aromatic heterocycles. The molecule has 3 aromatic rings. The van der Waals surface area contributed by atoms with Crippen LogP contribution in [0.15, 0.2) is 60.9 Å². The van der Waals surface area contributed by atoms with Crippen molar-refractivity contribution in [3.63, 3.8) is 0 Å². The minimum Gasteiger partial charge on any atom is -0.365 e. The maximum absolute atomic E-state index is 13.2. The van der Waals surface area contributed by atoms with E-state index in [1.54, 1.807) is 6.33 Å². The number of aromatic nitrogens is 2. The highest BCUT2D eigenvalue weighted by Crippen LogP contribution is 2.29. The second-order valence-corrected chi connectivity index (χ2v) is 9.73. The Morgan fingerprint density at radius 2 is 1.74 bits per heavy atom. The number of nitrogens with one attached hydrogen (secondary N) is 1. The summed E-state index contributed by atoms with van der Waals surface area (Å²) < 4.78 is 8.09. The lowest BCUT2D eigenvalue weighted by Crippen LogP contribution is -2.42. The Morgan fingerprint density at radius 1 is 1.03 bits per heavy atom. The molecule has 5 rings (SSSR count). The van der Waals surface area contributed by atoms with Gasteiger partial charge in [-0.15, -0.1) is 0 Å². The highest BCUT2D eigenvalue weighted by Gasteiger charge is 2.32. The molecule has 2 aromatic carbocycles. The number of piperidine rings is 1. The van der Waals surface area contributed by atoms with Crippen LogP contribution in [-0.2, 0) is 22.7 Å². The zero-order chi connectivity index (χ0) is 24.4. The molecule has 0 spiro atoms. The first-order valence-corrected chi connectivity index (χ1v) is 12.4. The van der Waals surface area contributed by atoms with Crippen LogP contribution in [0.5, 0.6) is 0 Å². The molecule has 0 bridgehead atoms. The fourth-order valence-corrected chi connectivity index (χ4v) is 4.87. The van der Waals surface area contributed by atoms with Crippen LogP contribution in [0.25, 0.3) is 0 Å². The molecule has 7 nitrogen and oxygen atoms in total. The van der Waals surface area contributed by atoms with Gasteiger partial charge in [0.25, 0.3) is 5.91 Å². The van der Waals surface area contributed by atoms with E-state index < -0.39 is 0 Å². The van der Waals surface area contributed by atoms with E-state index in [0.717, 1.165) is 16.9 Å². The Morgan fingerprint density at radius 3 is 2.43 bits per heavy atom. The molecule has 0 saturated carbocycles. The molecular formula is C28H32N4O3. The molecule has 182 valence electrons. The third kappa shape index (κ3) is 5.00. The molecule has 7 heteroatoms. The summed E-state index contributed by atoms with van der Waals surface area (Å²) in [4.78, 5) is 32.3. The summed E-state index contributed by atoms with van der Waals surface area (Å²) in [5, 5.41) is 3.03. The highest BCUT2D eigenvalue weighted by atomic mass is 16.5. The number of amides is 2. The minimum atomic E-state index is -0.102. The third-order valence-corrected chi connectivity index (χ3v) is 7.10. The lowest BCUT2D eigenvalue weighted by molar-refractivity contribution is -0.121. The minimum absolute atomic E-state index is 0.0223. The van der Waals surface area contributed by atoms with Crippen molar-refractivity contribution in [1.29, 1.82) is 0 Å². The van der Waals surface area contributed by atoms with Gasteiger partial charge in [0, 0.05) is 24.7 Å². The third-order valence-electron chi connectivity index (χ3n) is 7.10. The molecule has 2 aliphatic rings. The molecule has 1 N–H and O–H groups in total. The number of carbonyl (C=O) groups excluding carboxylic acids is 2. The van der Waals surface area contributed by atoms with Crippen molar-refractivity contribution < 1.29 is 14.3 Å². The standard InChI is InChI=1S/C28H32N4O3/c1-19(2)20-8-10-23(11-9-20)30-27(33)22-12-14-31(15-13-22)28(34)26-24-17-35-25(16-32(24)18-29-26)21-6-4-3-5-7-21/h3-11,18-19,22,25H,12-17H2,1-2H3,(H,30,33)/t25-/m1/s1. The topological polar surface area (TPSA) is 76.5 Å². The molecule has 0 aliphatic carbocycles. The fourth-order valence-electron chi connectivity index (χ4n) is 4.87. The smallest absolute Gasteiger partial charge is 0.274 e. The van der Waals surface area contributed by atoms with Crippen molar-refractivity contribution in [2.45, 2.75) is 51.9 Å². The second-order valence-electron chi connectivity index (χ2n) is 9.73. The molecule has 2 amide bonds. The maximum Gasteiger partial charge on any atom is 0.274 e. The zero-order valence-corrected chi connectivity index (χ0v) is 20.3. The summed E-state index contributed by atoms with van der Waals surface area (Å²) >= 11 is 0.